The van der Waals surface area contributed by atoms with Crippen LogP contribution in [-0.4, -0.2) is 25.7 Å². The number of aromatic nitrogens is 4. The van der Waals surface area contributed by atoms with Gasteiger partial charge in [-0.15, -0.1) is 5.10 Å². The molecule has 0 spiro atoms. The van der Waals surface area contributed by atoms with Crippen LogP contribution in [0.3, 0.4) is 0 Å². The van der Waals surface area contributed by atoms with Gasteiger partial charge < -0.3 is 5.73 Å². The zero-order valence-electron chi connectivity index (χ0n) is 12.8. The second-order valence-corrected chi connectivity index (χ2v) is 5.23. The molecule has 0 unspecified atom stereocenters. The lowest BCUT2D eigenvalue weighted by Gasteiger charge is -2.04. The highest BCUT2D eigenvalue weighted by Gasteiger charge is 2.10. The van der Waals surface area contributed by atoms with E-state index >= 15 is 0 Å². The van der Waals surface area contributed by atoms with Crippen LogP contribution in [0.1, 0.15) is 29.3 Å². The van der Waals surface area contributed by atoms with Crippen molar-refractivity contribution in [2.45, 2.75) is 19.8 Å². The van der Waals surface area contributed by atoms with Gasteiger partial charge in [-0.2, -0.15) is 4.68 Å². The third-order valence-corrected chi connectivity index (χ3v) is 3.51. The maximum absolute atomic E-state index is 12.2. The molecule has 0 saturated carbocycles. The molecule has 0 saturated heterocycles. The van der Waals surface area contributed by atoms with Gasteiger partial charge in [-0.25, -0.2) is 4.98 Å². The molecular weight excluding hydrogens is 290 g/mol. The number of benzene rings is 1. The normalized spacial score (nSPS) is 10.7. The number of nitrogen functional groups attached to an aromatic ring is 1. The molecule has 2 aromatic heterocycles. The average Bonchev–Trinajstić information content (AvgIpc) is 3.02. The molecule has 0 aliphatic rings. The Kier molecular flexibility index (Phi) is 4.14. The van der Waals surface area contributed by atoms with Crippen molar-refractivity contribution in [1.82, 2.24) is 19.7 Å². The summed E-state index contributed by atoms with van der Waals surface area (Å²) in [5.41, 5.74) is 9.01. The smallest absolute Gasteiger partial charge is 0.279 e. The molecule has 1 aromatic carbocycles. The van der Waals surface area contributed by atoms with Gasteiger partial charge in [0.1, 0.15) is 6.33 Å². The molecule has 2 N–H and O–H groups in total. The Morgan fingerprint density at radius 1 is 1.13 bits per heavy atom. The molecule has 6 nitrogen and oxygen atoms in total. The van der Waals surface area contributed by atoms with Crippen molar-refractivity contribution >= 4 is 11.9 Å². The standard InChI is InChI=1S/C17H17N5O/c1-2-3-12-4-9-15(19-10-12)13-5-7-14(8-6-13)16(23)22-11-20-17(18)21-22/h4-11H,2-3H2,1H3,(H2,18,21). The van der Waals surface area contributed by atoms with Crippen molar-refractivity contribution in [1.29, 1.82) is 0 Å². The zero-order valence-corrected chi connectivity index (χ0v) is 12.8. The quantitative estimate of drug-likeness (QED) is 0.800. The maximum atomic E-state index is 12.2. The van der Waals surface area contributed by atoms with E-state index in [9.17, 15) is 4.79 Å². The fourth-order valence-electron chi connectivity index (χ4n) is 2.32. The minimum absolute atomic E-state index is 0.0753. The predicted octanol–water partition coefficient (Wildman–Crippen LogP) is 2.56. The number of hydrogen-bond acceptors (Lipinski definition) is 5. The van der Waals surface area contributed by atoms with E-state index in [-0.39, 0.29) is 11.9 Å². The molecule has 3 rings (SSSR count). The van der Waals surface area contributed by atoms with Gasteiger partial charge >= 0.3 is 0 Å². The summed E-state index contributed by atoms with van der Waals surface area (Å²) in [6.07, 6.45) is 5.34. The number of nitrogens with two attached hydrogens (primary N) is 1. The number of carbonyl (C=O) groups excluding carboxylic acids is 1. The Labute approximate surface area is 134 Å². The molecular formula is C17H17N5O. The van der Waals surface area contributed by atoms with E-state index in [1.54, 1.807) is 12.1 Å². The van der Waals surface area contributed by atoms with E-state index in [1.807, 2.05) is 24.4 Å². The molecule has 3 aromatic rings. The van der Waals surface area contributed by atoms with Crippen LogP contribution in [0.15, 0.2) is 48.9 Å². The lowest BCUT2D eigenvalue weighted by Crippen LogP contribution is -2.12. The number of nitrogens with zero attached hydrogens (tertiary/aromatic N) is 4. The number of pyridine rings is 1. The van der Waals surface area contributed by atoms with Crippen molar-refractivity contribution in [3.63, 3.8) is 0 Å². The summed E-state index contributed by atoms with van der Waals surface area (Å²) in [6.45, 7) is 2.15. The summed E-state index contributed by atoms with van der Waals surface area (Å²) in [4.78, 5) is 20.4. The number of aryl methyl sites for hydroxylation is 1. The van der Waals surface area contributed by atoms with Crippen LogP contribution in [-0.2, 0) is 6.42 Å². The van der Waals surface area contributed by atoms with Crippen molar-refractivity contribution in [3.05, 3.63) is 60.0 Å². The Balaban J connectivity index is 1.80. The molecule has 0 atom stereocenters. The molecule has 2 heterocycles. The van der Waals surface area contributed by atoms with E-state index < -0.39 is 0 Å². The number of carbonyl (C=O) groups is 1. The van der Waals surface area contributed by atoms with E-state index in [0.717, 1.165) is 28.8 Å². The van der Waals surface area contributed by atoms with Crippen LogP contribution in [0.25, 0.3) is 11.3 Å². The minimum atomic E-state index is -0.271. The number of hydrogen-bond donors (Lipinski definition) is 1. The molecule has 0 aliphatic heterocycles. The number of anilines is 1. The summed E-state index contributed by atoms with van der Waals surface area (Å²) >= 11 is 0. The van der Waals surface area contributed by atoms with Crippen LogP contribution in [0.2, 0.25) is 0 Å². The molecule has 116 valence electrons. The second-order valence-electron chi connectivity index (χ2n) is 5.23. The monoisotopic (exact) mass is 307 g/mol. The van der Waals surface area contributed by atoms with Gasteiger partial charge in [-0.05, 0) is 30.2 Å². The minimum Gasteiger partial charge on any atom is -0.366 e. The van der Waals surface area contributed by atoms with E-state index in [2.05, 4.69) is 28.1 Å². The van der Waals surface area contributed by atoms with Gasteiger partial charge in [-0.1, -0.05) is 31.5 Å². The van der Waals surface area contributed by atoms with E-state index in [0.29, 0.717) is 5.56 Å². The molecule has 23 heavy (non-hydrogen) atoms. The van der Waals surface area contributed by atoms with Crippen LogP contribution in [0.5, 0.6) is 0 Å². The zero-order chi connectivity index (χ0) is 16.2. The molecule has 0 bridgehead atoms. The molecule has 0 amide bonds. The SMILES string of the molecule is CCCc1ccc(-c2ccc(C(=O)n3cnc(N)n3)cc2)nc1. The van der Waals surface area contributed by atoms with Gasteiger partial charge in [0, 0.05) is 17.3 Å². The Morgan fingerprint density at radius 2 is 1.91 bits per heavy atom. The summed E-state index contributed by atoms with van der Waals surface area (Å²) < 4.78 is 1.13. The van der Waals surface area contributed by atoms with Crippen LogP contribution < -0.4 is 5.73 Å². The largest absolute Gasteiger partial charge is 0.366 e. The highest BCUT2D eigenvalue weighted by molar-refractivity contribution is 5.95. The lowest BCUT2D eigenvalue weighted by molar-refractivity contribution is 0.0945. The fraction of sp³-hybridized carbons (Fsp3) is 0.176. The predicted molar refractivity (Wildman–Crippen MR) is 87.8 cm³/mol. The first-order chi connectivity index (χ1) is 11.2. The molecule has 0 fully saturated rings. The van der Waals surface area contributed by atoms with Gasteiger partial charge in [0.05, 0.1) is 5.69 Å². The summed E-state index contributed by atoms with van der Waals surface area (Å²) in [6, 6.07) is 11.3. The van der Waals surface area contributed by atoms with Gasteiger partial charge in [0.25, 0.3) is 5.91 Å². The number of rotatable bonds is 4. The Hall–Kier alpha value is -3.02. The third-order valence-electron chi connectivity index (χ3n) is 3.51. The average molecular weight is 307 g/mol. The highest BCUT2D eigenvalue weighted by Crippen LogP contribution is 2.18. The summed E-state index contributed by atoms with van der Waals surface area (Å²) in [7, 11) is 0. The van der Waals surface area contributed by atoms with Gasteiger partial charge in [-0.3, -0.25) is 9.78 Å². The highest BCUT2D eigenvalue weighted by atomic mass is 16.2. The summed E-state index contributed by atoms with van der Waals surface area (Å²) in [5, 5.41) is 3.82. The van der Waals surface area contributed by atoms with E-state index in [1.165, 1.54) is 11.9 Å². The van der Waals surface area contributed by atoms with Crippen molar-refractivity contribution in [3.8, 4) is 11.3 Å². The fourth-order valence-corrected chi connectivity index (χ4v) is 2.32. The van der Waals surface area contributed by atoms with Crippen LogP contribution in [0, 0.1) is 0 Å². The molecule has 6 heteroatoms. The third kappa shape index (κ3) is 3.26. The van der Waals surface area contributed by atoms with Gasteiger partial charge in [0.15, 0.2) is 0 Å². The van der Waals surface area contributed by atoms with Gasteiger partial charge in [0.2, 0.25) is 5.95 Å². The maximum Gasteiger partial charge on any atom is 0.279 e. The topological polar surface area (TPSA) is 86.7 Å². The van der Waals surface area contributed by atoms with E-state index in [4.69, 9.17) is 5.73 Å². The second kappa shape index (κ2) is 6.39. The molecule has 0 radical (unpaired) electrons. The lowest BCUT2D eigenvalue weighted by atomic mass is 10.1. The Bertz CT molecular complexity index is 806. The summed E-state index contributed by atoms with van der Waals surface area (Å²) in [5.74, 6) is -0.196. The van der Waals surface area contributed by atoms with Crippen LogP contribution in [0.4, 0.5) is 5.95 Å². The first-order valence-electron chi connectivity index (χ1n) is 7.44. The van der Waals surface area contributed by atoms with Crippen LogP contribution >= 0.6 is 0 Å². The first-order valence-corrected chi connectivity index (χ1v) is 7.44. The van der Waals surface area contributed by atoms with Crippen molar-refractivity contribution in [2.24, 2.45) is 0 Å². The first kappa shape index (κ1) is 14.9. The molecule has 0 aliphatic carbocycles. The van der Waals surface area contributed by atoms with Crippen molar-refractivity contribution < 1.29 is 4.79 Å². The Morgan fingerprint density at radius 3 is 2.48 bits per heavy atom. The van der Waals surface area contributed by atoms with Crippen molar-refractivity contribution in [2.75, 3.05) is 5.73 Å².